The van der Waals surface area contributed by atoms with Crippen LogP contribution in [0.1, 0.15) is 9.67 Å². The van der Waals surface area contributed by atoms with Gasteiger partial charge in [-0.25, -0.2) is 0 Å². The number of carbonyl (C=O) groups excluding carboxylic acids is 1. The lowest BCUT2D eigenvalue weighted by atomic mass is 10.3. The first-order valence-corrected chi connectivity index (χ1v) is 6.86. The van der Waals surface area contributed by atoms with Gasteiger partial charge in [0.2, 0.25) is 5.78 Å². The third-order valence-electron chi connectivity index (χ3n) is 2.28. The van der Waals surface area contributed by atoms with E-state index in [-0.39, 0.29) is 12.4 Å². The van der Waals surface area contributed by atoms with Crippen LogP contribution in [0.15, 0.2) is 40.2 Å². The molecule has 1 aromatic heterocycles. The van der Waals surface area contributed by atoms with E-state index < -0.39 is 0 Å². The molecule has 0 atom stereocenters. The Hall–Kier alpha value is -1.33. The van der Waals surface area contributed by atoms with Crippen LogP contribution in [0.3, 0.4) is 0 Å². The Labute approximate surface area is 117 Å². The lowest BCUT2D eigenvalue weighted by molar-refractivity contribution is 0.0923. The van der Waals surface area contributed by atoms with E-state index in [4.69, 9.17) is 9.47 Å². The summed E-state index contributed by atoms with van der Waals surface area (Å²) in [6.07, 6.45) is 0. The van der Waals surface area contributed by atoms with Crippen LogP contribution in [0.2, 0.25) is 0 Å². The minimum Gasteiger partial charge on any atom is -0.493 e. The second kappa shape index (κ2) is 6.02. The standard InChI is InChI=1S/C13H11BrO3S/c1-16-10-4-2-3-5-11(10)17-8-9(15)12-6-7-13(14)18-12/h2-7H,8H2,1H3. The van der Waals surface area contributed by atoms with E-state index in [1.165, 1.54) is 11.3 Å². The van der Waals surface area contributed by atoms with Gasteiger partial charge >= 0.3 is 0 Å². The minimum absolute atomic E-state index is 0.00727. The van der Waals surface area contributed by atoms with Crippen molar-refractivity contribution >= 4 is 33.0 Å². The van der Waals surface area contributed by atoms with Crippen LogP contribution in [0, 0.1) is 0 Å². The van der Waals surface area contributed by atoms with Crippen molar-refractivity contribution in [2.45, 2.75) is 0 Å². The summed E-state index contributed by atoms with van der Waals surface area (Å²) in [6, 6.07) is 10.9. The summed E-state index contributed by atoms with van der Waals surface area (Å²) in [6.45, 7) is 0.00727. The summed E-state index contributed by atoms with van der Waals surface area (Å²) in [4.78, 5) is 12.5. The van der Waals surface area contributed by atoms with Crippen molar-refractivity contribution in [2.24, 2.45) is 0 Å². The molecular formula is C13H11BrO3S. The first kappa shape index (κ1) is 13.1. The van der Waals surface area contributed by atoms with E-state index in [1.54, 1.807) is 25.3 Å². The smallest absolute Gasteiger partial charge is 0.210 e. The van der Waals surface area contributed by atoms with Gasteiger partial charge in [0.1, 0.15) is 0 Å². The van der Waals surface area contributed by atoms with Gasteiger partial charge in [0.15, 0.2) is 18.1 Å². The van der Waals surface area contributed by atoms with Crippen molar-refractivity contribution in [3.63, 3.8) is 0 Å². The predicted molar refractivity (Wildman–Crippen MR) is 74.8 cm³/mol. The molecule has 2 rings (SSSR count). The summed E-state index contributed by atoms with van der Waals surface area (Å²) < 4.78 is 11.6. The number of methoxy groups -OCH3 is 1. The first-order valence-electron chi connectivity index (χ1n) is 5.25. The number of para-hydroxylation sites is 2. The molecule has 0 spiro atoms. The Bertz CT molecular complexity index is 551. The number of Topliss-reactive ketones (excluding diaryl/α,β-unsaturated/α-hetero) is 1. The third-order valence-corrected chi connectivity index (χ3v) is 3.94. The van der Waals surface area contributed by atoms with Gasteiger partial charge < -0.3 is 9.47 Å². The number of thiophene rings is 1. The normalized spacial score (nSPS) is 10.1. The molecule has 0 fully saturated rings. The second-order valence-corrected chi connectivity index (χ2v) is 5.93. The van der Waals surface area contributed by atoms with Crippen molar-refractivity contribution in [3.8, 4) is 11.5 Å². The van der Waals surface area contributed by atoms with Gasteiger partial charge in [-0.15, -0.1) is 11.3 Å². The zero-order chi connectivity index (χ0) is 13.0. The van der Waals surface area contributed by atoms with Gasteiger partial charge in [-0.1, -0.05) is 12.1 Å². The number of carbonyl (C=O) groups is 1. The van der Waals surface area contributed by atoms with Crippen molar-refractivity contribution in [3.05, 3.63) is 45.1 Å². The van der Waals surface area contributed by atoms with E-state index in [9.17, 15) is 4.79 Å². The Morgan fingerprint density at radius 3 is 2.56 bits per heavy atom. The quantitative estimate of drug-likeness (QED) is 0.784. The molecule has 94 valence electrons. The maximum atomic E-state index is 11.9. The molecule has 0 saturated heterocycles. The van der Waals surface area contributed by atoms with E-state index in [2.05, 4.69) is 15.9 Å². The van der Waals surface area contributed by atoms with Crippen LogP contribution < -0.4 is 9.47 Å². The summed E-state index contributed by atoms with van der Waals surface area (Å²) in [7, 11) is 1.57. The first-order chi connectivity index (χ1) is 8.70. The van der Waals surface area contributed by atoms with Crippen LogP contribution in [0.25, 0.3) is 0 Å². The molecule has 0 amide bonds. The maximum Gasteiger partial charge on any atom is 0.210 e. The number of halogens is 1. The average molecular weight is 327 g/mol. The molecule has 0 bridgehead atoms. The van der Waals surface area contributed by atoms with Crippen LogP contribution in [-0.4, -0.2) is 19.5 Å². The Morgan fingerprint density at radius 2 is 1.94 bits per heavy atom. The van der Waals surface area contributed by atoms with Crippen molar-refractivity contribution < 1.29 is 14.3 Å². The van der Waals surface area contributed by atoms with E-state index >= 15 is 0 Å². The van der Waals surface area contributed by atoms with Gasteiger partial charge in [0, 0.05) is 0 Å². The van der Waals surface area contributed by atoms with Crippen LogP contribution in [0.4, 0.5) is 0 Å². The topological polar surface area (TPSA) is 35.5 Å². The van der Waals surface area contributed by atoms with E-state index in [0.717, 1.165) is 3.79 Å². The fraction of sp³-hybridized carbons (Fsp3) is 0.154. The van der Waals surface area contributed by atoms with Gasteiger partial charge in [0.25, 0.3) is 0 Å². The van der Waals surface area contributed by atoms with E-state index in [1.807, 2.05) is 18.2 Å². The van der Waals surface area contributed by atoms with Gasteiger partial charge in [-0.2, -0.15) is 0 Å². The van der Waals surface area contributed by atoms with Crippen LogP contribution >= 0.6 is 27.3 Å². The molecular weight excluding hydrogens is 316 g/mol. The third kappa shape index (κ3) is 3.11. The zero-order valence-electron chi connectivity index (χ0n) is 9.68. The Morgan fingerprint density at radius 1 is 1.22 bits per heavy atom. The van der Waals surface area contributed by atoms with Crippen molar-refractivity contribution in [1.29, 1.82) is 0 Å². The van der Waals surface area contributed by atoms with Gasteiger partial charge in [-0.3, -0.25) is 4.79 Å². The summed E-state index contributed by atoms with van der Waals surface area (Å²) in [5.74, 6) is 1.15. The molecule has 0 aliphatic carbocycles. The van der Waals surface area contributed by atoms with Crippen molar-refractivity contribution in [1.82, 2.24) is 0 Å². The SMILES string of the molecule is COc1ccccc1OCC(=O)c1ccc(Br)s1. The fourth-order valence-corrected chi connectivity index (χ4v) is 2.73. The molecule has 0 radical (unpaired) electrons. The minimum atomic E-state index is -0.0448. The predicted octanol–water partition coefficient (Wildman–Crippen LogP) is 3.78. The monoisotopic (exact) mass is 326 g/mol. The Kier molecular flexibility index (Phi) is 4.38. The lowest BCUT2D eigenvalue weighted by Gasteiger charge is -2.08. The molecule has 0 N–H and O–H groups in total. The summed E-state index contributed by atoms with van der Waals surface area (Å²) in [5.41, 5.74) is 0. The average Bonchev–Trinajstić information content (AvgIpc) is 2.83. The van der Waals surface area contributed by atoms with Crippen molar-refractivity contribution in [2.75, 3.05) is 13.7 Å². The van der Waals surface area contributed by atoms with Crippen LogP contribution in [0.5, 0.6) is 11.5 Å². The maximum absolute atomic E-state index is 11.9. The molecule has 2 aromatic rings. The molecule has 1 heterocycles. The molecule has 5 heteroatoms. The molecule has 0 unspecified atom stereocenters. The zero-order valence-corrected chi connectivity index (χ0v) is 12.1. The highest BCUT2D eigenvalue weighted by atomic mass is 79.9. The number of ether oxygens (including phenoxy) is 2. The molecule has 0 aliphatic heterocycles. The molecule has 18 heavy (non-hydrogen) atoms. The van der Waals surface area contributed by atoms with Gasteiger partial charge in [0.05, 0.1) is 15.8 Å². The second-order valence-electron chi connectivity index (χ2n) is 3.47. The highest BCUT2D eigenvalue weighted by Crippen LogP contribution is 2.27. The molecule has 0 saturated carbocycles. The Balaban J connectivity index is 2.01. The molecule has 0 aliphatic rings. The molecule has 1 aromatic carbocycles. The van der Waals surface area contributed by atoms with Gasteiger partial charge in [-0.05, 0) is 40.2 Å². The summed E-state index contributed by atoms with van der Waals surface area (Å²) >= 11 is 4.72. The fourth-order valence-electron chi connectivity index (χ4n) is 1.42. The van der Waals surface area contributed by atoms with Crippen LogP contribution in [-0.2, 0) is 0 Å². The number of ketones is 1. The highest BCUT2D eigenvalue weighted by molar-refractivity contribution is 9.11. The largest absolute Gasteiger partial charge is 0.493 e. The molecule has 3 nitrogen and oxygen atoms in total. The number of hydrogen-bond acceptors (Lipinski definition) is 4. The number of benzene rings is 1. The lowest BCUT2D eigenvalue weighted by Crippen LogP contribution is -2.10. The number of hydrogen-bond donors (Lipinski definition) is 0. The highest BCUT2D eigenvalue weighted by Gasteiger charge is 2.11. The number of rotatable bonds is 5. The van der Waals surface area contributed by atoms with E-state index in [0.29, 0.717) is 16.4 Å². The summed E-state index contributed by atoms with van der Waals surface area (Å²) in [5, 5.41) is 0.